The highest BCUT2D eigenvalue weighted by molar-refractivity contribution is 5.88. The number of carbonyl (C=O) groups is 1. The van der Waals surface area contributed by atoms with Gasteiger partial charge in [-0.1, -0.05) is 30.3 Å². The van der Waals surface area contributed by atoms with Gasteiger partial charge in [-0.2, -0.15) is 13.2 Å². The van der Waals surface area contributed by atoms with Gasteiger partial charge in [0.2, 0.25) is 0 Å². The van der Waals surface area contributed by atoms with Crippen LogP contribution in [0, 0.1) is 6.92 Å². The van der Waals surface area contributed by atoms with Crippen LogP contribution in [0.1, 0.15) is 27.0 Å². The number of hydrogen-bond donors (Lipinski definition) is 1. The first-order valence-electron chi connectivity index (χ1n) is 9.31. The Kier molecular flexibility index (Phi) is 6.65. The minimum Gasteiger partial charge on any atom is -0.486 e. The Bertz CT molecular complexity index is 1090. The molecule has 0 fully saturated rings. The maximum Gasteiger partial charge on any atom is 0.416 e. The van der Waals surface area contributed by atoms with Crippen LogP contribution in [0.15, 0.2) is 72.8 Å². The number of ether oxygens (including phenoxy) is 2. The highest BCUT2D eigenvalue weighted by atomic mass is 19.4. The molecule has 0 saturated heterocycles. The van der Waals surface area contributed by atoms with Crippen LogP contribution in [0.2, 0.25) is 0 Å². The van der Waals surface area contributed by atoms with Crippen molar-refractivity contribution in [1.82, 2.24) is 0 Å². The van der Waals surface area contributed by atoms with Gasteiger partial charge in [0.15, 0.2) is 11.5 Å². The number of halogens is 3. The van der Waals surface area contributed by atoms with Crippen LogP contribution in [-0.2, 0) is 6.18 Å². The molecule has 0 saturated carbocycles. The molecule has 0 aromatic heterocycles. The lowest BCUT2D eigenvalue weighted by Gasteiger charge is -2.13. The van der Waals surface area contributed by atoms with E-state index < -0.39 is 17.7 Å². The normalized spacial score (nSPS) is 11.5. The molecule has 3 rings (SSSR count). The Labute approximate surface area is 177 Å². The van der Waals surface area contributed by atoms with E-state index in [9.17, 15) is 18.0 Å². The van der Waals surface area contributed by atoms with Gasteiger partial charge in [0, 0.05) is 0 Å². The summed E-state index contributed by atoms with van der Waals surface area (Å²) in [6.07, 6.45) is -1.02. The summed E-state index contributed by atoms with van der Waals surface area (Å²) in [4.78, 5) is 11.1. The molecule has 0 aliphatic carbocycles. The highest BCUT2D eigenvalue weighted by Crippen LogP contribution is 2.33. The van der Waals surface area contributed by atoms with Crippen LogP contribution in [-0.4, -0.2) is 17.7 Å². The first-order valence-corrected chi connectivity index (χ1v) is 9.31. The summed E-state index contributed by atoms with van der Waals surface area (Å²) in [6.45, 7) is 2.05. The third-order valence-corrected chi connectivity index (χ3v) is 4.29. The molecule has 0 heterocycles. The van der Waals surface area contributed by atoms with Crippen molar-refractivity contribution in [3.8, 4) is 17.2 Å². The summed E-state index contributed by atoms with van der Waals surface area (Å²) < 4.78 is 49.4. The molecule has 3 aromatic carbocycles. The van der Waals surface area contributed by atoms with E-state index in [1.807, 2.05) is 13.0 Å². The van der Waals surface area contributed by atoms with Crippen LogP contribution in [0.25, 0.3) is 6.08 Å². The van der Waals surface area contributed by atoms with E-state index in [1.54, 1.807) is 36.4 Å². The molecule has 1 N–H and O–H groups in total. The first kappa shape index (κ1) is 22.0. The average Bonchev–Trinajstić information content (AvgIpc) is 2.73. The van der Waals surface area contributed by atoms with Gasteiger partial charge >= 0.3 is 12.1 Å². The van der Waals surface area contributed by atoms with E-state index in [1.165, 1.54) is 24.3 Å². The van der Waals surface area contributed by atoms with Crippen LogP contribution in [0.3, 0.4) is 0 Å². The molecule has 31 heavy (non-hydrogen) atoms. The SMILES string of the molecule is Cc1ccc(Oc2cccc(C(=O)O)c2)c(OCC=Cc2ccc(C(F)(F)F)cc2)c1. The molecule has 0 aliphatic heterocycles. The standard InChI is InChI=1S/C24H19F3O4/c1-16-7-12-21(31-20-6-2-5-18(15-20)23(28)29)22(14-16)30-13-3-4-17-8-10-19(11-9-17)24(25,26)27/h2-12,14-15H,13H2,1H3,(H,28,29). The van der Waals surface area contributed by atoms with Crippen molar-refractivity contribution in [1.29, 1.82) is 0 Å². The lowest BCUT2D eigenvalue weighted by Crippen LogP contribution is -2.04. The largest absolute Gasteiger partial charge is 0.486 e. The fourth-order valence-electron chi connectivity index (χ4n) is 2.74. The van der Waals surface area contributed by atoms with E-state index >= 15 is 0 Å². The van der Waals surface area contributed by atoms with Crippen LogP contribution < -0.4 is 9.47 Å². The van der Waals surface area contributed by atoms with Gasteiger partial charge in [-0.25, -0.2) is 4.79 Å². The Balaban J connectivity index is 1.68. The smallest absolute Gasteiger partial charge is 0.416 e. The van der Waals surface area contributed by atoms with Crippen molar-refractivity contribution in [3.05, 3.63) is 95.1 Å². The number of rotatable bonds is 7. The lowest BCUT2D eigenvalue weighted by molar-refractivity contribution is -0.137. The van der Waals surface area contributed by atoms with E-state index in [0.717, 1.165) is 17.7 Å². The molecule has 0 amide bonds. The van der Waals surface area contributed by atoms with Gasteiger partial charge < -0.3 is 14.6 Å². The van der Waals surface area contributed by atoms with Crippen molar-refractivity contribution < 1.29 is 32.5 Å². The van der Waals surface area contributed by atoms with Gasteiger partial charge in [-0.3, -0.25) is 0 Å². The van der Waals surface area contributed by atoms with Crippen molar-refractivity contribution in [2.75, 3.05) is 6.61 Å². The lowest BCUT2D eigenvalue weighted by atomic mass is 10.1. The van der Waals surface area contributed by atoms with E-state index in [2.05, 4.69) is 0 Å². The maximum absolute atomic E-state index is 12.6. The first-order chi connectivity index (χ1) is 14.7. The topological polar surface area (TPSA) is 55.8 Å². The summed E-state index contributed by atoms with van der Waals surface area (Å²) in [5, 5.41) is 9.11. The molecular formula is C24H19F3O4. The fraction of sp³-hybridized carbons (Fsp3) is 0.125. The number of alkyl halides is 3. The predicted molar refractivity (Wildman–Crippen MR) is 111 cm³/mol. The van der Waals surface area contributed by atoms with Crippen molar-refractivity contribution in [3.63, 3.8) is 0 Å². The second kappa shape index (κ2) is 9.38. The summed E-state index contributed by atoms with van der Waals surface area (Å²) in [7, 11) is 0. The Hall–Kier alpha value is -3.74. The zero-order valence-electron chi connectivity index (χ0n) is 16.5. The number of benzene rings is 3. The molecule has 0 radical (unpaired) electrons. The highest BCUT2D eigenvalue weighted by Gasteiger charge is 2.29. The summed E-state index contributed by atoms with van der Waals surface area (Å²) in [6, 6.07) is 16.3. The minimum absolute atomic E-state index is 0.103. The number of aromatic carboxylic acids is 1. The van der Waals surface area contributed by atoms with Gasteiger partial charge in [-0.05, 0) is 66.6 Å². The third kappa shape index (κ3) is 6.12. The van der Waals surface area contributed by atoms with Crippen LogP contribution >= 0.6 is 0 Å². The molecule has 0 spiro atoms. The van der Waals surface area contributed by atoms with Gasteiger partial charge in [0.1, 0.15) is 12.4 Å². The summed E-state index contributed by atoms with van der Waals surface area (Å²) >= 11 is 0. The van der Waals surface area contributed by atoms with Crippen LogP contribution in [0.5, 0.6) is 17.2 Å². The maximum atomic E-state index is 12.6. The molecular weight excluding hydrogens is 409 g/mol. The fourth-order valence-corrected chi connectivity index (χ4v) is 2.74. The van der Waals surface area contributed by atoms with Gasteiger partial charge in [-0.15, -0.1) is 0 Å². The molecule has 3 aromatic rings. The van der Waals surface area contributed by atoms with Gasteiger partial charge in [0.05, 0.1) is 11.1 Å². The molecule has 7 heteroatoms. The molecule has 0 aliphatic rings. The zero-order valence-corrected chi connectivity index (χ0v) is 16.5. The zero-order chi connectivity index (χ0) is 22.4. The van der Waals surface area contributed by atoms with Crippen molar-refractivity contribution in [2.24, 2.45) is 0 Å². The summed E-state index contributed by atoms with van der Waals surface area (Å²) in [5.41, 5.74) is 0.956. The van der Waals surface area contributed by atoms with Gasteiger partial charge in [0.25, 0.3) is 0 Å². The molecule has 0 bridgehead atoms. The summed E-state index contributed by atoms with van der Waals surface area (Å²) in [5.74, 6) is 0.169. The Morgan fingerprint density at radius 3 is 2.42 bits per heavy atom. The second-order valence-corrected chi connectivity index (χ2v) is 6.72. The monoisotopic (exact) mass is 428 g/mol. The van der Waals surface area contributed by atoms with Crippen molar-refractivity contribution >= 4 is 12.0 Å². The molecule has 0 unspecified atom stereocenters. The average molecular weight is 428 g/mol. The van der Waals surface area contributed by atoms with Crippen molar-refractivity contribution in [2.45, 2.75) is 13.1 Å². The number of hydrogen-bond acceptors (Lipinski definition) is 3. The molecule has 0 atom stereocenters. The van der Waals surface area contributed by atoms with E-state index in [0.29, 0.717) is 22.8 Å². The minimum atomic E-state index is -4.36. The number of aryl methyl sites for hydroxylation is 1. The molecule has 160 valence electrons. The van der Waals surface area contributed by atoms with E-state index in [-0.39, 0.29) is 12.2 Å². The predicted octanol–water partition coefficient (Wildman–Crippen LogP) is 6.60. The number of carboxylic acid groups (broad SMARTS) is 1. The third-order valence-electron chi connectivity index (χ3n) is 4.29. The second-order valence-electron chi connectivity index (χ2n) is 6.72. The van der Waals surface area contributed by atoms with Crippen LogP contribution in [0.4, 0.5) is 13.2 Å². The Morgan fingerprint density at radius 1 is 1.00 bits per heavy atom. The Morgan fingerprint density at radius 2 is 1.74 bits per heavy atom. The molecule has 4 nitrogen and oxygen atoms in total. The number of carboxylic acids is 1. The quantitative estimate of drug-likeness (QED) is 0.461. The van der Waals surface area contributed by atoms with E-state index in [4.69, 9.17) is 14.6 Å².